The smallest absolute Gasteiger partial charge is 0.168 e. The second-order valence-corrected chi connectivity index (χ2v) is 7.40. The lowest BCUT2D eigenvalue weighted by Gasteiger charge is -2.35. The van der Waals surface area contributed by atoms with Gasteiger partial charge in [-0.15, -0.1) is 0 Å². The number of fused-ring (bicyclic) bond motifs is 6. The molecule has 4 unspecified atom stereocenters. The van der Waals surface area contributed by atoms with E-state index in [1.165, 1.54) is 0 Å². The molecule has 3 aliphatic carbocycles. The zero-order valence-corrected chi connectivity index (χ0v) is 12.7. The molecule has 0 aliphatic heterocycles. The van der Waals surface area contributed by atoms with Crippen LogP contribution in [0.4, 0.5) is 0 Å². The average Bonchev–Trinajstić information content (AvgIpc) is 2.89. The van der Waals surface area contributed by atoms with Crippen LogP contribution in [-0.4, -0.2) is 11.6 Å². The van der Waals surface area contributed by atoms with Crippen molar-refractivity contribution in [3.05, 3.63) is 45.0 Å². The van der Waals surface area contributed by atoms with Gasteiger partial charge in [0.25, 0.3) is 0 Å². The first-order valence-electron chi connectivity index (χ1n) is 6.59. The molecule has 0 aromatic heterocycles. The standard InChI is InChI=1S/C16H13IO2/c1-16-5-4-8(7-16)12-13(16)15(19)10-3-2-9(17)6-11(10)14(12)18/h2-6,8,12-13H,7H2,1H3. The van der Waals surface area contributed by atoms with E-state index in [2.05, 4.69) is 41.7 Å². The van der Waals surface area contributed by atoms with Gasteiger partial charge in [-0.05, 0) is 58.5 Å². The van der Waals surface area contributed by atoms with Crippen LogP contribution >= 0.6 is 22.6 Å². The van der Waals surface area contributed by atoms with Crippen LogP contribution in [0.1, 0.15) is 34.1 Å². The molecule has 1 fully saturated rings. The molecule has 19 heavy (non-hydrogen) atoms. The van der Waals surface area contributed by atoms with Crippen LogP contribution in [0, 0.1) is 26.7 Å². The van der Waals surface area contributed by atoms with Gasteiger partial charge >= 0.3 is 0 Å². The molecule has 4 atom stereocenters. The summed E-state index contributed by atoms with van der Waals surface area (Å²) < 4.78 is 1.01. The Hall–Kier alpha value is -0.970. The van der Waals surface area contributed by atoms with E-state index in [-0.39, 0.29) is 34.7 Å². The molecule has 0 heterocycles. The van der Waals surface area contributed by atoms with Crippen LogP contribution in [0.3, 0.4) is 0 Å². The maximum atomic E-state index is 12.8. The Kier molecular flexibility index (Phi) is 2.22. The van der Waals surface area contributed by atoms with Gasteiger partial charge in [0, 0.05) is 26.5 Å². The predicted molar refractivity (Wildman–Crippen MR) is 80.2 cm³/mol. The Morgan fingerprint density at radius 1 is 1.21 bits per heavy atom. The van der Waals surface area contributed by atoms with Crippen LogP contribution in [-0.2, 0) is 0 Å². The number of hydrogen-bond acceptors (Lipinski definition) is 2. The highest BCUT2D eigenvalue weighted by atomic mass is 127. The van der Waals surface area contributed by atoms with E-state index in [0.29, 0.717) is 11.1 Å². The summed E-state index contributed by atoms with van der Waals surface area (Å²) in [6.07, 6.45) is 5.25. The summed E-state index contributed by atoms with van der Waals surface area (Å²) in [6.45, 7) is 2.12. The summed E-state index contributed by atoms with van der Waals surface area (Å²) in [4.78, 5) is 25.5. The fourth-order valence-corrected chi connectivity index (χ4v) is 4.70. The van der Waals surface area contributed by atoms with Gasteiger partial charge in [0.15, 0.2) is 11.6 Å². The number of halogens is 1. The largest absolute Gasteiger partial charge is 0.294 e. The molecule has 0 N–H and O–H groups in total. The summed E-state index contributed by atoms with van der Waals surface area (Å²) in [5.41, 5.74) is 1.17. The topological polar surface area (TPSA) is 34.1 Å². The number of Topliss-reactive ketones (excluding diaryl/α,β-unsaturated/α-hetero) is 2. The number of ketones is 2. The van der Waals surface area contributed by atoms with Crippen molar-refractivity contribution in [1.82, 2.24) is 0 Å². The van der Waals surface area contributed by atoms with Crippen LogP contribution in [0.2, 0.25) is 0 Å². The number of allylic oxidation sites excluding steroid dienone is 2. The number of benzene rings is 1. The minimum atomic E-state index is -0.137. The molecular formula is C16H13IO2. The summed E-state index contributed by atoms with van der Waals surface area (Å²) in [5, 5.41) is 0. The first-order chi connectivity index (χ1) is 9.01. The van der Waals surface area contributed by atoms with E-state index < -0.39 is 0 Å². The number of carbonyl (C=O) groups excluding carboxylic acids is 2. The predicted octanol–water partition coefficient (Wildman–Crippen LogP) is 3.50. The van der Waals surface area contributed by atoms with E-state index >= 15 is 0 Å². The zero-order chi connectivity index (χ0) is 13.4. The molecule has 0 amide bonds. The number of hydrogen-bond donors (Lipinski definition) is 0. The van der Waals surface area contributed by atoms with Gasteiger partial charge < -0.3 is 0 Å². The quantitative estimate of drug-likeness (QED) is 0.522. The summed E-state index contributed by atoms with van der Waals surface area (Å²) in [7, 11) is 0. The second kappa shape index (κ2) is 3.57. The minimum absolute atomic E-state index is 0.108. The number of carbonyl (C=O) groups is 2. The maximum absolute atomic E-state index is 12.8. The van der Waals surface area contributed by atoms with Crippen molar-refractivity contribution in [2.45, 2.75) is 13.3 Å². The van der Waals surface area contributed by atoms with Crippen molar-refractivity contribution in [1.29, 1.82) is 0 Å². The second-order valence-electron chi connectivity index (χ2n) is 6.15. The molecule has 0 spiro atoms. The molecule has 1 aromatic carbocycles. The molecule has 4 rings (SSSR count). The zero-order valence-electron chi connectivity index (χ0n) is 10.5. The highest BCUT2D eigenvalue weighted by Gasteiger charge is 2.60. The Morgan fingerprint density at radius 2 is 2.00 bits per heavy atom. The SMILES string of the molecule is CC12C=CC(C1)C1C(=O)c3cc(I)ccc3C(=O)C12. The molecule has 1 saturated carbocycles. The third kappa shape index (κ3) is 1.37. The number of rotatable bonds is 0. The highest BCUT2D eigenvalue weighted by Crippen LogP contribution is 2.59. The molecule has 1 aromatic rings. The van der Waals surface area contributed by atoms with Gasteiger partial charge in [-0.3, -0.25) is 9.59 Å². The van der Waals surface area contributed by atoms with Crippen LogP contribution < -0.4 is 0 Å². The Bertz CT molecular complexity index is 661. The normalized spacial score (nSPS) is 38.5. The van der Waals surface area contributed by atoms with Gasteiger partial charge in [-0.2, -0.15) is 0 Å². The van der Waals surface area contributed by atoms with Crippen molar-refractivity contribution >= 4 is 34.2 Å². The monoisotopic (exact) mass is 364 g/mol. The van der Waals surface area contributed by atoms with Gasteiger partial charge in [0.05, 0.1) is 0 Å². The third-order valence-corrected chi connectivity index (χ3v) is 5.70. The van der Waals surface area contributed by atoms with Crippen LogP contribution in [0.15, 0.2) is 30.4 Å². The Balaban J connectivity index is 1.95. The summed E-state index contributed by atoms with van der Waals surface area (Å²) in [6, 6.07) is 5.60. The molecule has 0 saturated heterocycles. The molecule has 3 aliphatic rings. The fourth-order valence-electron chi connectivity index (χ4n) is 4.21. The highest BCUT2D eigenvalue weighted by molar-refractivity contribution is 14.1. The van der Waals surface area contributed by atoms with E-state index in [1.807, 2.05) is 18.2 Å². The van der Waals surface area contributed by atoms with Crippen molar-refractivity contribution in [3.63, 3.8) is 0 Å². The van der Waals surface area contributed by atoms with Crippen LogP contribution in [0.5, 0.6) is 0 Å². The molecule has 2 nitrogen and oxygen atoms in total. The molecular weight excluding hydrogens is 351 g/mol. The third-order valence-electron chi connectivity index (χ3n) is 5.03. The van der Waals surface area contributed by atoms with Gasteiger partial charge in [0.1, 0.15) is 0 Å². The van der Waals surface area contributed by atoms with Crippen molar-refractivity contribution in [3.8, 4) is 0 Å². The molecule has 0 radical (unpaired) electrons. The van der Waals surface area contributed by atoms with Gasteiger partial charge in [-0.1, -0.05) is 19.1 Å². The molecule has 2 bridgehead atoms. The maximum Gasteiger partial charge on any atom is 0.168 e. The minimum Gasteiger partial charge on any atom is -0.294 e. The molecule has 96 valence electrons. The average molecular weight is 364 g/mol. The summed E-state index contributed by atoms with van der Waals surface area (Å²) >= 11 is 2.19. The van der Waals surface area contributed by atoms with E-state index in [0.717, 1.165) is 9.99 Å². The first-order valence-corrected chi connectivity index (χ1v) is 7.66. The summed E-state index contributed by atoms with van der Waals surface area (Å²) in [5.74, 6) is 0.356. The van der Waals surface area contributed by atoms with E-state index in [1.54, 1.807) is 0 Å². The lowest BCUT2D eigenvalue weighted by Crippen LogP contribution is -2.42. The molecule has 3 heteroatoms. The fraction of sp³-hybridized carbons (Fsp3) is 0.375. The first kappa shape index (κ1) is 11.8. The van der Waals surface area contributed by atoms with E-state index in [4.69, 9.17) is 0 Å². The lowest BCUT2D eigenvalue weighted by molar-refractivity contribution is 0.0676. The van der Waals surface area contributed by atoms with Crippen molar-refractivity contribution in [2.24, 2.45) is 23.2 Å². The van der Waals surface area contributed by atoms with Crippen LogP contribution in [0.25, 0.3) is 0 Å². The van der Waals surface area contributed by atoms with Gasteiger partial charge in [-0.25, -0.2) is 0 Å². The van der Waals surface area contributed by atoms with Crippen molar-refractivity contribution in [2.75, 3.05) is 0 Å². The van der Waals surface area contributed by atoms with E-state index in [9.17, 15) is 9.59 Å². The Labute approximate surface area is 125 Å². The lowest BCUT2D eigenvalue weighted by atomic mass is 9.65. The Morgan fingerprint density at radius 3 is 2.79 bits per heavy atom. The van der Waals surface area contributed by atoms with Crippen molar-refractivity contribution < 1.29 is 9.59 Å². The van der Waals surface area contributed by atoms with Gasteiger partial charge in [0.2, 0.25) is 0 Å².